The third-order valence-corrected chi connectivity index (χ3v) is 3.12. The third kappa shape index (κ3) is 4.55. The van der Waals surface area contributed by atoms with E-state index in [0.717, 1.165) is 25.2 Å². The van der Waals surface area contributed by atoms with Crippen LogP contribution in [0, 0.1) is 0 Å². The van der Waals surface area contributed by atoms with Crippen molar-refractivity contribution in [3.8, 4) is 11.5 Å². The van der Waals surface area contributed by atoms with Crippen molar-refractivity contribution in [1.82, 2.24) is 10.2 Å². The Bertz CT molecular complexity index is 365. The van der Waals surface area contributed by atoms with Crippen molar-refractivity contribution < 1.29 is 10.2 Å². The average Bonchev–Trinajstić information content (AvgIpc) is 2.37. The minimum atomic E-state index is -0.0741. The van der Waals surface area contributed by atoms with Crippen molar-refractivity contribution in [2.45, 2.75) is 33.4 Å². The molecular weight excluding hydrogens is 228 g/mol. The molecule has 0 radical (unpaired) electrons. The predicted molar refractivity (Wildman–Crippen MR) is 73.9 cm³/mol. The fourth-order valence-corrected chi connectivity index (χ4v) is 1.90. The first-order chi connectivity index (χ1) is 8.56. The van der Waals surface area contributed by atoms with E-state index in [1.165, 1.54) is 6.07 Å². The minimum Gasteiger partial charge on any atom is -0.504 e. The van der Waals surface area contributed by atoms with E-state index in [2.05, 4.69) is 31.0 Å². The molecular formula is C14H24N2O2. The lowest BCUT2D eigenvalue weighted by molar-refractivity contribution is 0.270. The van der Waals surface area contributed by atoms with Crippen molar-refractivity contribution in [1.29, 1.82) is 0 Å². The van der Waals surface area contributed by atoms with Crippen LogP contribution in [0.15, 0.2) is 18.2 Å². The second-order valence-electron chi connectivity index (χ2n) is 4.59. The monoisotopic (exact) mass is 252 g/mol. The van der Waals surface area contributed by atoms with Gasteiger partial charge in [-0.2, -0.15) is 0 Å². The summed E-state index contributed by atoms with van der Waals surface area (Å²) in [6.07, 6.45) is 0. The summed E-state index contributed by atoms with van der Waals surface area (Å²) in [5.41, 5.74) is 0.969. The Morgan fingerprint density at radius 3 is 2.39 bits per heavy atom. The molecule has 4 heteroatoms. The maximum absolute atomic E-state index is 9.40. The van der Waals surface area contributed by atoms with Crippen LogP contribution in [0.3, 0.4) is 0 Å². The highest BCUT2D eigenvalue weighted by atomic mass is 16.3. The summed E-state index contributed by atoms with van der Waals surface area (Å²) in [4.78, 5) is 2.37. The van der Waals surface area contributed by atoms with Crippen LogP contribution in [0.1, 0.15) is 26.3 Å². The molecule has 0 fully saturated rings. The van der Waals surface area contributed by atoms with Crippen LogP contribution in [-0.4, -0.2) is 40.8 Å². The van der Waals surface area contributed by atoms with Gasteiger partial charge in [0.2, 0.25) is 0 Å². The van der Waals surface area contributed by atoms with E-state index >= 15 is 0 Å². The quantitative estimate of drug-likeness (QED) is 0.649. The standard InChI is InChI=1S/C14H24N2O2/c1-4-16(5-2)10-11(3)15-9-12-6-7-13(17)14(18)8-12/h6-8,11,15,17-18H,4-5,9-10H2,1-3H3. The van der Waals surface area contributed by atoms with E-state index in [0.29, 0.717) is 12.6 Å². The highest BCUT2D eigenvalue weighted by Gasteiger charge is 2.07. The van der Waals surface area contributed by atoms with Crippen molar-refractivity contribution in [2.75, 3.05) is 19.6 Å². The lowest BCUT2D eigenvalue weighted by Gasteiger charge is -2.23. The second kappa shape index (κ2) is 7.24. The fraction of sp³-hybridized carbons (Fsp3) is 0.571. The van der Waals surface area contributed by atoms with Crippen LogP contribution in [0.4, 0.5) is 0 Å². The number of phenols is 2. The van der Waals surface area contributed by atoms with E-state index in [1.54, 1.807) is 6.07 Å². The maximum atomic E-state index is 9.40. The Morgan fingerprint density at radius 2 is 1.83 bits per heavy atom. The molecule has 1 aromatic rings. The van der Waals surface area contributed by atoms with Crippen molar-refractivity contribution in [2.24, 2.45) is 0 Å². The molecule has 4 nitrogen and oxygen atoms in total. The summed E-state index contributed by atoms with van der Waals surface area (Å²) in [7, 11) is 0. The predicted octanol–water partition coefficient (Wildman–Crippen LogP) is 1.92. The third-order valence-electron chi connectivity index (χ3n) is 3.12. The van der Waals surface area contributed by atoms with Crippen LogP contribution in [-0.2, 0) is 6.54 Å². The number of hydrogen-bond donors (Lipinski definition) is 3. The van der Waals surface area contributed by atoms with Gasteiger partial charge in [-0.1, -0.05) is 19.9 Å². The SMILES string of the molecule is CCN(CC)CC(C)NCc1ccc(O)c(O)c1. The highest BCUT2D eigenvalue weighted by Crippen LogP contribution is 2.24. The molecule has 1 unspecified atom stereocenters. The van der Waals surface area contributed by atoms with Crippen LogP contribution >= 0.6 is 0 Å². The van der Waals surface area contributed by atoms with E-state index in [1.807, 2.05) is 6.07 Å². The first-order valence-corrected chi connectivity index (χ1v) is 6.53. The molecule has 1 rings (SSSR count). The zero-order valence-corrected chi connectivity index (χ0v) is 11.5. The van der Waals surface area contributed by atoms with E-state index in [9.17, 15) is 10.2 Å². The smallest absolute Gasteiger partial charge is 0.157 e. The lowest BCUT2D eigenvalue weighted by Crippen LogP contribution is -2.38. The molecule has 0 spiro atoms. The maximum Gasteiger partial charge on any atom is 0.157 e. The van der Waals surface area contributed by atoms with Gasteiger partial charge in [0.15, 0.2) is 11.5 Å². The number of hydrogen-bond acceptors (Lipinski definition) is 4. The van der Waals surface area contributed by atoms with Crippen LogP contribution in [0.5, 0.6) is 11.5 Å². The van der Waals surface area contributed by atoms with Crippen molar-refractivity contribution >= 4 is 0 Å². The Hall–Kier alpha value is -1.26. The molecule has 0 bridgehead atoms. The molecule has 0 aliphatic rings. The summed E-state index contributed by atoms with van der Waals surface area (Å²) in [5, 5.41) is 22.0. The normalized spacial score (nSPS) is 12.9. The van der Waals surface area contributed by atoms with Crippen molar-refractivity contribution in [3.63, 3.8) is 0 Å². The molecule has 18 heavy (non-hydrogen) atoms. The molecule has 1 aromatic carbocycles. The summed E-state index contributed by atoms with van der Waals surface area (Å²) in [6.45, 7) is 10.3. The Balaban J connectivity index is 2.42. The van der Waals surface area contributed by atoms with Crippen molar-refractivity contribution in [3.05, 3.63) is 23.8 Å². The Labute approximate surface area is 109 Å². The van der Waals surface area contributed by atoms with Gasteiger partial charge in [0, 0.05) is 19.1 Å². The van der Waals surface area contributed by atoms with Gasteiger partial charge in [0.1, 0.15) is 0 Å². The topological polar surface area (TPSA) is 55.7 Å². The summed E-state index contributed by atoms with van der Waals surface area (Å²) < 4.78 is 0. The van der Waals surface area contributed by atoms with E-state index in [-0.39, 0.29) is 11.5 Å². The Kier molecular flexibility index (Phi) is 5.95. The highest BCUT2D eigenvalue weighted by molar-refractivity contribution is 5.40. The number of nitrogens with zero attached hydrogens (tertiary/aromatic N) is 1. The van der Waals surface area contributed by atoms with Gasteiger partial charge >= 0.3 is 0 Å². The molecule has 0 aromatic heterocycles. The molecule has 0 aliphatic heterocycles. The zero-order valence-electron chi connectivity index (χ0n) is 11.5. The van der Waals surface area contributed by atoms with Crippen LogP contribution < -0.4 is 5.32 Å². The van der Waals surface area contributed by atoms with Gasteiger partial charge in [0.25, 0.3) is 0 Å². The van der Waals surface area contributed by atoms with Gasteiger partial charge < -0.3 is 20.4 Å². The first-order valence-electron chi connectivity index (χ1n) is 6.53. The van der Waals surface area contributed by atoms with E-state index in [4.69, 9.17) is 0 Å². The molecule has 0 saturated heterocycles. The number of rotatable bonds is 7. The fourth-order valence-electron chi connectivity index (χ4n) is 1.90. The minimum absolute atomic E-state index is 0.0642. The van der Waals surface area contributed by atoms with Gasteiger partial charge in [-0.25, -0.2) is 0 Å². The lowest BCUT2D eigenvalue weighted by atomic mass is 10.2. The van der Waals surface area contributed by atoms with Gasteiger partial charge in [-0.3, -0.25) is 0 Å². The average molecular weight is 252 g/mol. The largest absolute Gasteiger partial charge is 0.504 e. The number of aromatic hydroxyl groups is 2. The Morgan fingerprint density at radius 1 is 1.17 bits per heavy atom. The number of nitrogens with one attached hydrogen (secondary N) is 1. The van der Waals surface area contributed by atoms with Gasteiger partial charge in [-0.15, -0.1) is 0 Å². The summed E-state index contributed by atoms with van der Waals surface area (Å²) >= 11 is 0. The summed E-state index contributed by atoms with van der Waals surface area (Å²) in [5.74, 6) is -0.138. The molecule has 0 amide bonds. The number of phenolic OH excluding ortho intramolecular Hbond substituents is 2. The number of likely N-dealkylation sites (N-methyl/N-ethyl adjacent to an activating group) is 1. The van der Waals surface area contributed by atoms with E-state index < -0.39 is 0 Å². The molecule has 1 atom stereocenters. The molecule has 102 valence electrons. The zero-order chi connectivity index (χ0) is 13.5. The molecule has 0 aliphatic carbocycles. The summed E-state index contributed by atoms with van der Waals surface area (Å²) in [6, 6.07) is 5.31. The van der Waals surface area contributed by atoms with Crippen LogP contribution in [0.25, 0.3) is 0 Å². The second-order valence-corrected chi connectivity index (χ2v) is 4.59. The first kappa shape index (κ1) is 14.8. The van der Waals surface area contributed by atoms with Gasteiger partial charge in [-0.05, 0) is 37.7 Å². The van der Waals surface area contributed by atoms with Gasteiger partial charge in [0.05, 0.1) is 0 Å². The molecule has 0 saturated carbocycles. The molecule has 3 N–H and O–H groups in total. The van der Waals surface area contributed by atoms with Crippen LogP contribution in [0.2, 0.25) is 0 Å². The number of benzene rings is 1. The molecule has 0 heterocycles.